The molecule has 0 aliphatic carbocycles. The van der Waals surface area contributed by atoms with E-state index in [-0.39, 0.29) is 0 Å². The lowest BCUT2D eigenvalue weighted by molar-refractivity contribution is 0.263. The molecule has 0 aromatic carbocycles. The molecule has 0 fully saturated rings. The Kier molecular flexibility index (Phi) is 7.34. The zero-order chi connectivity index (χ0) is 13.2. The molecule has 0 radical (unpaired) electrons. The molecule has 102 valence electrons. The third-order valence-electron chi connectivity index (χ3n) is 2.73. The molecule has 0 amide bonds. The van der Waals surface area contributed by atoms with Crippen LogP contribution in [0.25, 0.3) is 0 Å². The molecule has 0 saturated heterocycles. The monoisotopic (exact) mass is 250 g/mol. The molecule has 0 aliphatic rings. The summed E-state index contributed by atoms with van der Waals surface area (Å²) in [6, 6.07) is 0. The Morgan fingerprint density at radius 1 is 1.00 bits per heavy atom. The van der Waals surface area contributed by atoms with Gasteiger partial charge in [-0.05, 0) is 32.4 Å². The van der Waals surface area contributed by atoms with E-state index in [2.05, 4.69) is 41.0 Å². The summed E-state index contributed by atoms with van der Waals surface area (Å²) in [4.78, 5) is 11.3. The first-order chi connectivity index (χ1) is 8.80. The molecule has 1 N–H and O–H groups in total. The Labute approximate surface area is 111 Å². The largest absolute Gasteiger partial charge is 0.369 e. The Morgan fingerprint density at radius 3 is 2.22 bits per heavy atom. The van der Waals surface area contributed by atoms with E-state index >= 15 is 0 Å². The van der Waals surface area contributed by atoms with Gasteiger partial charge in [-0.3, -0.25) is 9.88 Å². The predicted octanol–water partition coefficient (Wildman–Crippen LogP) is 2.92. The molecule has 0 spiro atoms. The van der Waals surface area contributed by atoms with Crippen LogP contribution in [0.5, 0.6) is 0 Å². The molecule has 0 bridgehead atoms. The maximum Gasteiger partial charge on any atom is 0.144 e. The molecule has 0 atom stereocenters. The number of hydrogen-bond acceptors (Lipinski definition) is 4. The van der Waals surface area contributed by atoms with Gasteiger partial charge >= 0.3 is 0 Å². The summed E-state index contributed by atoms with van der Waals surface area (Å²) in [7, 11) is 0. The molecule has 0 unspecified atom stereocenters. The average Bonchev–Trinajstić information content (AvgIpc) is 2.38. The van der Waals surface area contributed by atoms with Crippen LogP contribution in [0.2, 0.25) is 0 Å². The average molecular weight is 250 g/mol. The van der Waals surface area contributed by atoms with Gasteiger partial charge in [0.2, 0.25) is 0 Å². The quantitative estimate of drug-likeness (QED) is 0.731. The Morgan fingerprint density at radius 2 is 1.72 bits per heavy atom. The standard InChI is InChI=1S/C14H26N4/c1-4-7-15-14-11-16-13(10-17-14)12-18(8-5-2)9-6-3/h10-11H,4-9,12H2,1-3H3,(H,15,17). The number of nitrogens with one attached hydrogen (secondary N) is 1. The molecule has 4 heteroatoms. The molecule has 0 saturated carbocycles. The van der Waals surface area contributed by atoms with Gasteiger partial charge in [0, 0.05) is 13.1 Å². The minimum absolute atomic E-state index is 0.873. The second kappa shape index (κ2) is 8.86. The van der Waals surface area contributed by atoms with Gasteiger partial charge in [-0.15, -0.1) is 0 Å². The van der Waals surface area contributed by atoms with Crippen molar-refractivity contribution in [2.75, 3.05) is 25.0 Å². The summed E-state index contributed by atoms with van der Waals surface area (Å²) >= 11 is 0. The normalized spacial score (nSPS) is 10.9. The van der Waals surface area contributed by atoms with Crippen LogP contribution >= 0.6 is 0 Å². The highest BCUT2D eigenvalue weighted by Crippen LogP contribution is 2.05. The van der Waals surface area contributed by atoms with Gasteiger partial charge in [0.1, 0.15) is 5.82 Å². The van der Waals surface area contributed by atoms with Gasteiger partial charge in [0.25, 0.3) is 0 Å². The molecule has 1 heterocycles. The second-order valence-electron chi connectivity index (χ2n) is 4.60. The van der Waals surface area contributed by atoms with Crippen molar-refractivity contribution >= 4 is 5.82 Å². The number of rotatable bonds is 9. The minimum atomic E-state index is 0.873. The van der Waals surface area contributed by atoms with Crippen LogP contribution < -0.4 is 5.32 Å². The summed E-state index contributed by atoms with van der Waals surface area (Å²) in [6.45, 7) is 10.7. The molecule has 4 nitrogen and oxygen atoms in total. The molecule has 0 aliphatic heterocycles. The first-order valence-corrected chi connectivity index (χ1v) is 7.07. The van der Waals surface area contributed by atoms with Crippen molar-refractivity contribution in [1.82, 2.24) is 14.9 Å². The Balaban J connectivity index is 2.50. The van der Waals surface area contributed by atoms with E-state index in [1.807, 2.05) is 12.4 Å². The third kappa shape index (κ3) is 5.45. The van der Waals surface area contributed by atoms with Crippen molar-refractivity contribution in [3.63, 3.8) is 0 Å². The number of hydrogen-bond donors (Lipinski definition) is 1. The van der Waals surface area contributed by atoms with Crippen molar-refractivity contribution in [1.29, 1.82) is 0 Å². The van der Waals surface area contributed by atoms with E-state index in [0.29, 0.717) is 0 Å². The molecule has 1 rings (SSSR count). The molecule has 1 aromatic rings. The van der Waals surface area contributed by atoms with Crippen LogP contribution in [0.4, 0.5) is 5.82 Å². The van der Waals surface area contributed by atoms with Gasteiger partial charge in [-0.1, -0.05) is 20.8 Å². The summed E-state index contributed by atoms with van der Waals surface area (Å²) in [5, 5.41) is 3.24. The summed E-state index contributed by atoms with van der Waals surface area (Å²) < 4.78 is 0. The van der Waals surface area contributed by atoms with Crippen molar-refractivity contribution < 1.29 is 0 Å². The fraction of sp³-hybridized carbons (Fsp3) is 0.714. The number of aromatic nitrogens is 2. The highest BCUT2D eigenvalue weighted by Gasteiger charge is 2.05. The Hall–Kier alpha value is -1.16. The number of anilines is 1. The van der Waals surface area contributed by atoms with Crippen LogP contribution in [0.1, 0.15) is 45.7 Å². The molecule has 1 aromatic heterocycles. The van der Waals surface area contributed by atoms with Gasteiger partial charge in [-0.25, -0.2) is 4.98 Å². The fourth-order valence-corrected chi connectivity index (χ4v) is 1.91. The highest BCUT2D eigenvalue weighted by molar-refractivity contribution is 5.30. The van der Waals surface area contributed by atoms with Crippen LogP contribution in [-0.2, 0) is 6.54 Å². The van der Waals surface area contributed by atoms with E-state index in [9.17, 15) is 0 Å². The summed E-state index contributed by atoms with van der Waals surface area (Å²) in [5.41, 5.74) is 1.05. The van der Waals surface area contributed by atoms with Gasteiger partial charge in [-0.2, -0.15) is 0 Å². The maximum absolute atomic E-state index is 4.47. The lowest BCUT2D eigenvalue weighted by Gasteiger charge is -2.20. The zero-order valence-electron chi connectivity index (χ0n) is 11.9. The number of nitrogens with zero attached hydrogens (tertiary/aromatic N) is 3. The fourth-order valence-electron chi connectivity index (χ4n) is 1.91. The van der Waals surface area contributed by atoms with E-state index in [0.717, 1.165) is 44.1 Å². The molecule has 18 heavy (non-hydrogen) atoms. The smallest absolute Gasteiger partial charge is 0.144 e. The van der Waals surface area contributed by atoms with E-state index in [4.69, 9.17) is 0 Å². The van der Waals surface area contributed by atoms with Crippen molar-refractivity contribution in [3.8, 4) is 0 Å². The van der Waals surface area contributed by atoms with E-state index in [1.165, 1.54) is 12.8 Å². The van der Waals surface area contributed by atoms with Crippen molar-refractivity contribution in [2.45, 2.75) is 46.6 Å². The first kappa shape index (κ1) is 14.9. The van der Waals surface area contributed by atoms with Crippen molar-refractivity contribution in [3.05, 3.63) is 18.1 Å². The van der Waals surface area contributed by atoms with Crippen LogP contribution in [0.15, 0.2) is 12.4 Å². The molecular formula is C14H26N4. The van der Waals surface area contributed by atoms with Crippen molar-refractivity contribution in [2.24, 2.45) is 0 Å². The topological polar surface area (TPSA) is 41.1 Å². The lowest BCUT2D eigenvalue weighted by Crippen LogP contribution is -2.25. The SMILES string of the molecule is CCCNc1cnc(CN(CCC)CCC)cn1. The van der Waals surface area contributed by atoms with Gasteiger partial charge in [0.05, 0.1) is 18.1 Å². The zero-order valence-corrected chi connectivity index (χ0v) is 11.9. The first-order valence-electron chi connectivity index (χ1n) is 7.07. The van der Waals surface area contributed by atoms with E-state index in [1.54, 1.807) is 0 Å². The highest BCUT2D eigenvalue weighted by atomic mass is 15.1. The summed E-state index contributed by atoms with van der Waals surface area (Å²) in [5.74, 6) is 0.873. The summed E-state index contributed by atoms with van der Waals surface area (Å²) in [6.07, 6.45) is 7.19. The van der Waals surface area contributed by atoms with Crippen LogP contribution in [0, 0.1) is 0 Å². The van der Waals surface area contributed by atoms with Crippen LogP contribution in [-0.4, -0.2) is 34.5 Å². The predicted molar refractivity (Wildman–Crippen MR) is 76.7 cm³/mol. The minimum Gasteiger partial charge on any atom is -0.369 e. The Bertz CT molecular complexity index is 304. The lowest BCUT2D eigenvalue weighted by atomic mass is 10.3. The molecular weight excluding hydrogens is 224 g/mol. The van der Waals surface area contributed by atoms with Crippen LogP contribution in [0.3, 0.4) is 0 Å². The second-order valence-corrected chi connectivity index (χ2v) is 4.60. The van der Waals surface area contributed by atoms with Gasteiger partial charge < -0.3 is 5.32 Å². The maximum atomic E-state index is 4.47. The third-order valence-corrected chi connectivity index (χ3v) is 2.73. The van der Waals surface area contributed by atoms with Gasteiger partial charge in [0.15, 0.2) is 0 Å². The van der Waals surface area contributed by atoms with E-state index < -0.39 is 0 Å².